The van der Waals surface area contributed by atoms with Crippen molar-refractivity contribution in [1.82, 2.24) is 14.9 Å². The molecule has 4 N–H and O–H groups in total. The molecular weight excluding hydrogens is 316 g/mol. The minimum atomic E-state index is 0.165. The number of aromatic nitrogens is 2. The summed E-state index contributed by atoms with van der Waals surface area (Å²) < 4.78 is 0. The third kappa shape index (κ3) is 4.17. The second-order valence-corrected chi connectivity index (χ2v) is 6.33. The Morgan fingerprint density at radius 2 is 1.92 bits per heavy atom. The molecule has 132 valence electrons. The summed E-state index contributed by atoms with van der Waals surface area (Å²) in [6, 6.07) is 9.75. The van der Waals surface area contributed by atoms with Gasteiger partial charge in [0, 0.05) is 32.2 Å². The molecule has 0 bridgehead atoms. The molecule has 1 aliphatic rings. The largest absolute Gasteiger partial charge is 0.383 e. The van der Waals surface area contributed by atoms with Gasteiger partial charge in [-0.2, -0.15) is 9.97 Å². The molecule has 1 amide bonds. The number of amides is 1. The van der Waals surface area contributed by atoms with Crippen LogP contribution in [0.5, 0.6) is 0 Å². The Balaban J connectivity index is 1.65. The third-order valence-corrected chi connectivity index (χ3v) is 4.53. The molecule has 2 heterocycles. The van der Waals surface area contributed by atoms with Crippen molar-refractivity contribution in [3.8, 4) is 0 Å². The van der Waals surface area contributed by atoms with E-state index in [0.717, 1.165) is 36.5 Å². The molecule has 7 nitrogen and oxygen atoms in total. The quantitative estimate of drug-likeness (QED) is 0.871. The van der Waals surface area contributed by atoms with E-state index >= 15 is 0 Å². The zero-order chi connectivity index (χ0) is 17.8. The Bertz CT molecular complexity index is 743. The van der Waals surface area contributed by atoms with E-state index in [0.29, 0.717) is 25.3 Å². The average Bonchev–Trinajstić information content (AvgIpc) is 2.82. The molecule has 1 fully saturated rings. The summed E-state index contributed by atoms with van der Waals surface area (Å²) in [4.78, 5) is 24.9. The molecule has 0 atom stereocenters. The number of carbonyl (C=O) groups is 1. The molecule has 7 heteroatoms. The number of carbonyl (C=O) groups excluding carboxylic acids is 1. The Kier molecular flexibility index (Phi) is 5.02. The van der Waals surface area contributed by atoms with E-state index in [1.165, 1.54) is 0 Å². The maximum absolute atomic E-state index is 12.7. The lowest BCUT2D eigenvalue weighted by Gasteiger charge is -2.23. The lowest BCUT2D eigenvalue weighted by molar-refractivity contribution is -0.130. The summed E-state index contributed by atoms with van der Waals surface area (Å²) in [6.45, 7) is 4.96. The number of anilines is 3. The zero-order valence-corrected chi connectivity index (χ0v) is 14.5. The van der Waals surface area contributed by atoms with Gasteiger partial charge in [-0.05, 0) is 24.5 Å². The third-order valence-electron chi connectivity index (χ3n) is 4.53. The van der Waals surface area contributed by atoms with Crippen LogP contribution in [0.3, 0.4) is 0 Å². The van der Waals surface area contributed by atoms with E-state index in [-0.39, 0.29) is 11.9 Å². The number of hydrogen-bond acceptors (Lipinski definition) is 6. The van der Waals surface area contributed by atoms with Gasteiger partial charge in [-0.3, -0.25) is 4.79 Å². The summed E-state index contributed by atoms with van der Waals surface area (Å²) in [5, 5.41) is 0. The SMILES string of the molecule is Cc1ccccc1CC(=O)N1CCCN(c2cc(N)nc(N)n2)CC1. The molecule has 0 spiro atoms. The number of rotatable bonds is 3. The van der Waals surface area contributed by atoms with E-state index in [9.17, 15) is 4.79 Å². The molecule has 3 rings (SSSR count). The molecule has 0 saturated carbocycles. The van der Waals surface area contributed by atoms with Crippen LogP contribution in [0.2, 0.25) is 0 Å². The minimum Gasteiger partial charge on any atom is -0.383 e. The van der Waals surface area contributed by atoms with Gasteiger partial charge in [0.15, 0.2) is 0 Å². The minimum absolute atomic E-state index is 0.165. The molecule has 2 aromatic rings. The maximum Gasteiger partial charge on any atom is 0.227 e. The Morgan fingerprint density at radius 3 is 2.68 bits per heavy atom. The van der Waals surface area contributed by atoms with E-state index in [4.69, 9.17) is 11.5 Å². The van der Waals surface area contributed by atoms with Crippen molar-refractivity contribution < 1.29 is 4.79 Å². The van der Waals surface area contributed by atoms with Crippen molar-refractivity contribution in [2.24, 2.45) is 0 Å². The van der Waals surface area contributed by atoms with Crippen LogP contribution in [-0.2, 0) is 11.2 Å². The van der Waals surface area contributed by atoms with E-state index in [2.05, 4.69) is 14.9 Å². The Hall–Kier alpha value is -2.83. The smallest absolute Gasteiger partial charge is 0.227 e. The molecule has 1 aromatic heterocycles. The molecular formula is C18H24N6O. The van der Waals surface area contributed by atoms with Crippen LogP contribution in [0.1, 0.15) is 17.5 Å². The van der Waals surface area contributed by atoms with Crippen LogP contribution >= 0.6 is 0 Å². The van der Waals surface area contributed by atoms with E-state index in [1.807, 2.05) is 36.1 Å². The van der Waals surface area contributed by atoms with Gasteiger partial charge >= 0.3 is 0 Å². The van der Waals surface area contributed by atoms with Crippen molar-refractivity contribution in [3.05, 3.63) is 41.5 Å². The second kappa shape index (κ2) is 7.38. The lowest BCUT2D eigenvalue weighted by Crippen LogP contribution is -2.36. The predicted molar refractivity (Wildman–Crippen MR) is 99.1 cm³/mol. The molecule has 25 heavy (non-hydrogen) atoms. The topological polar surface area (TPSA) is 101 Å². The first kappa shape index (κ1) is 17.0. The fraction of sp³-hybridized carbons (Fsp3) is 0.389. The second-order valence-electron chi connectivity index (χ2n) is 6.33. The summed E-state index contributed by atoms with van der Waals surface area (Å²) >= 11 is 0. The summed E-state index contributed by atoms with van der Waals surface area (Å²) in [5.41, 5.74) is 13.7. The highest BCUT2D eigenvalue weighted by Gasteiger charge is 2.21. The van der Waals surface area contributed by atoms with Crippen LogP contribution in [0.25, 0.3) is 0 Å². The molecule has 0 unspecified atom stereocenters. The van der Waals surface area contributed by atoms with Gasteiger partial charge in [0.25, 0.3) is 0 Å². The van der Waals surface area contributed by atoms with E-state index in [1.54, 1.807) is 6.07 Å². The van der Waals surface area contributed by atoms with Crippen LogP contribution in [0.15, 0.2) is 30.3 Å². The van der Waals surface area contributed by atoms with Gasteiger partial charge in [0.05, 0.1) is 6.42 Å². The van der Waals surface area contributed by atoms with Gasteiger partial charge in [0.2, 0.25) is 11.9 Å². The van der Waals surface area contributed by atoms with Crippen molar-refractivity contribution in [3.63, 3.8) is 0 Å². The summed E-state index contributed by atoms with van der Waals surface area (Å²) in [6.07, 6.45) is 1.32. The lowest BCUT2D eigenvalue weighted by atomic mass is 10.1. The van der Waals surface area contributed by atoms with Gasteiger partial charge in [-0.25, -0.2) is 0 Å². The van der Waals surface area contributed by atoms with Crippen molar-refractivity contribution in [2.45, 2.75) is 19.8 Å². The standard InChI is InChI=1S/C18H24N6O/c1-13-5-2-3-6-14(13)11-17(25)24-8-4-7-23(9-10-24)16-12-15(19)21-18(20)22-16/h2-3,5-6,12H,4,7-11H2,1H3,(H4,19,20,21,22). The van der Waals surface area contributed by atoms with E-state index < -0.39 is 0 Å². The van der Waals surface area contributed by atoms with Crippen LogP contribution in [0.4, 0.5) is 17.6 Å². The fourth-order valence-electron chi connectivity index (χ4n) is 3.11. The zero-order valence-electron chi connectivity index (χ0n) is 14.5. The number of aryl methyl sites for hydroxylation is 1. The average molecular weight is 340 g/mol. The van der Waals surface area contributed by atoms with Crippen molar-refractivity contribution in [2.75, 3.05) is 42.5 Å². The first-order chi connectivity index (χ1) is 12.0. The number of nitrogens with zero attached hydrogens (tertiary/aromatic N) is 4. The first-order valence-electron chi connectivity index (χ1n) is 8.50. The Labute approximate surface area is 147 Å². The molecule has 0 radical (unpaired) electrons. The number of hydrogen-bond donors (Lipinski definition) is 2. The first-order valence-corrected chi connectivity index (χ1v) is 8.50. The molecule has 0 aliphatic carbocycles. The number of benzene rings is 1. The Morgan fingerprint density at radius 1 is 1.12 bits per heavy atom. The van der Waals surface area contributed by atoms with Crippen LogP contribution in [-0.4, -0.2) is 47.0 Å². The van der Waals surface area contributed by atoms with Gasteiger partial charge in [-0.15, -0.1) is 0 Å². The number of nitrogens with two attached hydrogens (primary N) is 2. The normalized spacial score (nSPS) is 15.1. The van der Waals surface area contributed by atoms with Gasteiger partial charge in [-0.1, -0.05) is 24.3 Å². The number of nitrogen functional groups attached to an aromatic ring is 2. The van der Waals surface area contributed by atoms with Crippen molar-refractivity contribution >= 4 is 23.5 Å². The predicted octanol–water partition coefficient (Wildman–Crippen LogP) is 1.23. The van der Waals surface area contributed by atoms with Gasteiger partial charge < -0.3 is 21.3 Å². The maximum atomic E-state index is 12.7. The highest BCUT2D eigenvalue weighted by atomic mass is 16.2. The highest BCUT2D eigenvalue weighted by molar-refractivity contribution is 5.79. The highest BCUT2D eigenvalue weighted by Crippen LogP contribution is 2.18. The molecule has 1 aliphatic heterocycles. The molecule has 1 aromatic carbocycles. The fourth-order valence-corrected chi connectivity index (χ4v) is 3.11. The summed E-state index contributed by atoms with van der Waals surface area (Å²) in [5.74, 6) is 1.42. The molecule has 1 saturated heterocycles. The van der Waals surface area contributed by atoms with Crippen molar-refractivity contribution in [1.29, 1.82) is 0 Å². The van der Waals surface area contributed by atoms with Crippen LogP contribution < -0.4 is 16.4 Å². The summed E-state index contributed by atoms with van der Waals surface area (Å²) in [7, 11) is 0. The van der Waals surface area contributed by atoms with Crippen LogP contribution in [0, 0.1) is 6.92 Å². The van der Waals surface area contributed by atoms with Gasteiger partial charge in [0.1, 0.15) is 11.6 Å². The monoisotopic (exact) mass is 340 g/mol.